The van der Waals surface area contributed by atoms with Gasteiger partial charge in [0.15, 0.2) is 0 Å². The Morgan fingerprint density at radius 2 is 2.36 bits per heavy atom. The second-order valence-corrected chi connectivity index (χ2v) is 3.72. The Hall–Kier alpha value is -0.930. The highest BCUT2D eigenvalue weighted by atomic mass is 35.5. The van der Waals surface area contributed by atoms with Crippen LogP contribution in [0.1, 0.15) is 6.42 Å². The lowest BCUT2D eigenvalue weighted by molar-refractivity contribution is 0.142. The van der Waals surface area contributed by atoms with Crippen LogP contribution in [-0.2, 0) is 4.74 Å². The first-order valence-corrected chi connectivity index (χ1v) is 4.93. The number of benzene rings is 1. The lowest BCUT2D eigenvalue weighted by Gasteiger charge is -2.13. The molecule has 2 rings (SSSR count). The first kappa shape index (κ1) is 9.62. The number of nitrogen functional groups attached to an aromatic ring is 1. The van der Waals surface area contributed by atoms with Gasteiger partial charge in [-0.15, -0.1) is 0 Å². The van der Waals surface area contributed by atoms with Gasteiger partial charge in [0.1, 0.15) is 11.9 Å². The Bertz CT molecular complexity index is 324. The highest BCUT2D eigenvalue weighted by molar-refractivity contribution is 6.30. The molecule has 1 fully saturated rings. The second kappa shape index (κ2) is 4.07. The summed E-state index contributed by atoms with van der Waals surface area (Å²) in [5.41, 5.74) is 6.36. The summed E-state index contributed by atoms with van der Waals surface area (Å²) in [5, 5.41) is 0.633. The lowest BCUT2D eigenvalue weighted by Crippen LogP contribution is -2.16. The van der Waals surface area contributed by atoms with Crippen molar-refractivity contribution in [3.05, 3.63) is 23.2 Å². The van der Waals surface area contributed by atoms with Gasteiger partial charge < -0.3 is 15.2 Å². The summed E-state index contributed by atoms with van der Waals surface area (Å²) in [6.45, 7) is 1.39. The van der Waals surface area contributed by atoms with Crippen LogP contribution in [0.2, 0.25) is 5.02 Å². The minimum Gasteiger partial charge on any atom is -0.486 e. The van der Waals surface area contributed by atoms with Crippen molar-refractivity contribution >= 4 is 17.3 Å². The summed E-state index contributed by atoms with van der Waals surface area (Å²) in [4.78, 5) is 0. The highest BCUT2D eigenvalue weighted by Crippen LogP contribution is 2.27. The molecule has 1 saturated heterocycles. The SMILES string of the molecule is Nc1ccc(Cl)cc1OC1CCOC1. The monoisotopic (exact) mass is 213 g/mol. The van der Waals surface area contributed by atoms with Gasteiger partial charge >= 0.3 is 0 Å². The van der Waals surface area contributed by atoms with Crippen LogP contribution >= 0.6 is 11.6 Å². The third kappa shape index (κ3) is 2.11. The van der Waals surface area contributed by atoms with Crippen LogP contribution in [0.5, 0.6) is 5.75 Å². The molecule has 0 aliphatic carbocycles. The maximum atomic E-state index is 5.84. The number of hydrogen-bond donors (Lipinski definition) is 1. The van der Waals surface area contributed by atoms with Crippen LogP contribution in [0.4, 0.5) is 5.69 Å². The van der Waals surface area contributed by atoms with E-state index < -0.39 is 0 Å². The Morgan fingerprint density at radius 1 is 1.50 bits per heavy atom. The normalized spacial score (nSPS) is 21.1. The average Bonchev–Trinajstić information content (AvgIpc) is 2.64. The van der Waals surface area contributed by atoms with Crippen LogP contribution in [0.3, 0.4) is 0 Å². The van der Waals surface area contributed by atoms with Crippen LogP contribution in [-0.4, -0.2) is 19.3 Å². The third-order valence-corrected chi connectivity index (χ3v) is 2.39. The molecule has 14 heavy (non-hydrogen) atoms. The highest BCUT2D eigenvalue weighted by Gasteiger charge is 2.18. The molecular weight excluding hydrogens is 202 g/mol. The van der Waals surface area contributed by atoms with Gasteiger partial charge in [0, 0.05) is 17.5 Å². The molecule has 1 aromatic rings. The molecule has 0 radical (unpaired) electrons. The Labute approximate surface area is 87.8 Å². The molecule has 0 bridgehead atoms. The van der Waals surface area contributed by atoms with Gasteiger partial charge in [0.05, 0.1) is 18.9 Å². The van der Waals surface area contributed by atoms with Crippen molar-refractivity contribution < 1.29 is 9.47 Å². The van der Waals surface area contributed by atoms with E-state index in [0.717, 1.165) is 13.0 Å². The van der Waals surface area contributed by atoms with Gasteiger partial charge in [0.25, 0.3) is 0 Å². The topological polar surface area (TPSA) is 44.5 Å². The number of halogens is 1. The van der Waals surface area contributed by atoms with E-state index in [9.17, 15) is 0 Å². The van der Waals surface area contributed by atoms with E-state index in [-0.39, 0.29) is 6.10 Å². The number of anilines is 1. The molecule has 3 nitrogen and oxygen atoms in total. The Balaban J connectivity index is 2.10. The van der Waals surface area contributed by atoms with E-state index in [1.165, 1.54) is 0 Å². The molecule has 2 N–H and O–H groups in total. The molecule has 1 aromatic carbocycles. The molecule has 1 aliphatic heterocycles. The maximum Gasteiger partial charge on any atom is 0.144 e. The van der Waals surface area contributed by atoms with Gasteiger partial charge in [-0.05, 0) is 12.1 Å². The summed E-state index contributed by atoms with van der Waals surface area (Å²) in [5.74, 6) is 0.646. The molecule has 4 heteroatoms. The lowest BCUT2D eigenvalue weighted by atomic mass is 10.3. The van der Waals surface area contributed by atoms with E-state index >= 15 is 0 Å². The summed E-state index contributed by atoms with van der Waals surface area (Å²) in [6, 6.07) is 5.22. The molecule has 0 spiro atoms. The molecule has 1 atom stereocenters. The van der Waals surface area contributed by atoms with Gasteiger partial charge in [-0.1, -0.05) is 11.6 Å². The summed E-state index contributed by atoms with van der Waals surface area (Å²) < 4.78 is 10.9. The molecule has 1 aliphatic rings. The standard InChI is InChI=1S/C10H12ClNO2/c11-7-1-2-9(12)10(5-7)14-8-3-4-13-6-8/h1-2,5,8H,3-4,6,12H2. The third-order valence-electron chi connectivity index (χ3n) is 2.16. The molecule has 0 saturated carbocycles. The minimum atomic E-state index is 0.107. The minimum absolute atomic E-state index is 0.107. The zero-order valence-electron chi connectivity index (χ0n) is 7.70. The van der Waals surface area contributed by atoms with Crippen LogP contribution < -0.4 is 10.5 Å². The summed E-state index contributed by atoms with van der Waals surface area (Å²) in [6.07, 6.45) is 1.02. The fraction of sp³-hybridized carbons (Fsp3) is 0.400. The zero-order chi connectivity index (χ0) is 9.97. The van der Waals surface area contributed by atoms with E-state index in [1.807, 2.05) is 0 Å². The summed E-state index contributed by atoms with van der Waals surface area (Å²) >= 11 is 5.84. The molecule has 0 aromatic heterocycles. The zero-order valence-corrected chi connectivity index (χ0v) is 8.46. The van der Waals surface area contributed by atoms with Crippen molar-refractivity contribution in [2.45, 2.75) is 12.5 Å². The number of nitrogens with two attached hydrogens (primary N) is 1. The predicted molar refractivity (Wildman–Crippen MR) is 55.7 cm³/mol. The van der Waals surface area contributed by atoms with Crippen LogP contribution in [0.25, 0.3) is 0 Å². The van der Waals surface area contributed by atoms with Gasteiger partial charge in [0.2, 0.25) is 0 Å². The van der Waals surface area contributed by atoms with Gasteiger partial charge in [-0.25, -0.2) is 0 Å². The number of hydrogen-bond acceptors (Lipinski definition) is 3. The first-order valence-electron chi connectivity index (χ1n) is 4.55. The van der Waals surface area contributed by atoms with E-state index in [1.54, 1.807) is 18.2 Å². The van der Waals surface area contributed by atoms with E-state index in [0.29, 0.717) is 23.1 Å². The fourth-order valence-electron chi connectivity index (χ4n) is 1.40. The summed E-state index contributed by atoms with van der Waals surface area (Å²) in [7, 11) is 0. The largest absolute Gasteiger partial charge is 0.486 e. The predicted octanol–water partition coefficient (Wildman–Crippen LogP) is 2.09. The van der Waals surface area contributed by atoms with Gasteiger partial charge in [-0.2, -0.15) is 0 Å². The smallest absolute Gasteiger partial charge is 0.144 e. The van der Waals surface area contributed by atoms with Crippen molar-refractivity contribution in [2.75, 3.05) is 18.9 Å². The van der Waals surface area contributed by atoms with Crippen molar-refractivity contribution in [2.24, 2.45) is 0 Å². The molecule has 1 unspecified atom stereocenters. The van der Waals surface area contributed by atoms with Crippen LogP contribution in [0, 0.1) is 0 Å². The average molecular weight is 214 g/mol. The molecule has 1 heterocycles. The maximum absolute atomic E-state index is 5.84. The second-order valence-electron chi connectivity index (χ2n) is 3.29. The van der Waals surface area contributed by atoms with Crippen molar-refractivity contribution in [1.29, 1.82) is 0 Å². The van der Waals surface area contributed by atoms with Crippen LogP contribution in [0.15, 0.2) is 18.2 Å². The number of ether oxygens (including phenoxy) is 2. The quantitative estimate of drug-likeness (QED) is 0.766. The first-order chi connectivity index (χ1) is 6.75. The van der Waals surface area contributed by atoms with Crippen molar-refractivity contribution in [3.8, 4) is 5.75 Å². The van der Waals surface area contributed by atoms with Crippen molar-refractivity contribution in [1.82, 2.24) is 0 Å². The van der Waals surface area contributed by atoms with Crippen molar-refractivity contribution in [3.63, 3.8) is 0 Å². The molecule has 0 amide bonds. The Morgan fingerprint density at radius 3 is 3.07 bits per heavy atom. The molecular formula is C10H12ClNO2. The molecule has 76 valence electrons. The van der Waals surface area contributed by atoms with E-state index in [4.69, 9.17) is 26.8 Å². The Kier molecular flexibility index (Phi) is 2.79. The van der Waals surface area contributed by atoms with Gasteiger partial charge in [-0.3, -0.25) is 0 Å². The van der Waals surface area contributed by atoms with E-state index in [2.05, 4.69) is 0 Å². The number of rotatable bonds is 2. The fourth-order valence-corrected chi connectivity index (χ4v) is 1.56.